The van der Waals surface area contributed by atoms with Gasteiger partial charge in [-0.3, -0.25) is 9.59 Å². The minimum Gasteiger partial charge on any atom is -0.370 e. The first-order valence-electron chi connectivity index (χ1n) is 4.83. The standard InChI is InChI=1S/C11H13ClN2O2/c1-7-2-3-8(12)6-9(7)14-11(16)5-4-10(13)15/h2-3,6H,4-5H2,1H3,(H2,13,15)(H,14,16). The molecule has 0 fully saturated rings. The maximum atomic E-state index is 11.4. The summed E-state index contributed by atoms with van der Waals surface area (Å²) in [4.78, 5) is 21.9. The van der Waals surface area contributed by atoms with E-state index in [1.165, 1.54) is 0 Å². The summed E-state index contributed by atoms with van der Waals surface area (Å²) in [6.45, 7) is 1.86. The topological polar surface area (TPSA) is 72.2 Å². The second-order valence-corrected chi connectivity index (χ2v) is 3.91. The number of hydrogen-bond donors (Lipinski definition) is 2. The molecule has 0 aliphatic rings. The third-order valence-corrected chi connectivity index (χ3v) is 2.31. The van der Waals surface area contributed by atoms with Gasteiger partial charge in [0.25, 0.3) is 0 Å². The van der Waals surface area contributed by atoms with Gasteiger partial charge in [0.15, 0.2) is 0 Å². The molecular weight excluding hydrogens is 228 g/mol. The third-order valence-electron chi connectivity index (χ3n) is 2.07. The highest BCUT2D eigenvalue weighted by Crippen LogP contribution is 2.20. The molecule has 2 amide bonds. The Bertz CT molecular complexity index is 418. The van der Waals surface area contributed by atoms with Crippen molar-refractivity contribution in [1.82, 2.24) is 0 Å². The van der Waals surface area contributed by atoms with Crippen LogP contribution >= 0.6 is 11.6 Å². The molecule has 0 radical (unpaired) electrons. The van der Waals surface area contributed by atoms with Gasteiger partial charge in [0.2, 0.25) is 11.8 Å². The Morgan fingerprint density at radius 3 is 2.69 bits per heavy atom. The molecule has 3 N–H and O–H groups in total. The Hall–Kier alpha value is -1.55. The number of primary amides is 1. The summed E-state index contributed by atoms with van der Waals surface area (Å²) in [7, 11) is 0. The number of anilines is 1. The first kappa shape index (κ1) is 12.5. The van der Waals surface area contributed by atoms with Crippen LogP contribution in [0.5, 0.6) is 0 Å². The highest BCUT2D eigenvalue weighted by atomic mass is 35.5. The average molecular weight is 241 g/mol. The predicted molar refractivity (Wildman–Crippen MR) is 63.2 cm³/mol. The van der Waals surface area contributed by atoms with Crippen LogP contribution in [0.1, 0.15) is 18.4 Å². The molecule has 0 saturated heterocycles. The van der Waals surface area contributed by atoms with E-state index in [4.69, 9.17) is 17.3 Å². The molecule has 1 aromatic rings. The second kappa shape index (κ2) is 5.51. The van der Waals surface area contributed by atoms with E-state index in [0.29, 0.717) is 10.7 Å². The fourth-order valence-electron chi connectivity index (χ4n) is 1.18. The van der Waals surface area contributed by atoms with Crippen molar-refractivity contribution in [2.75, 3.05) is 5.32 Å². The largest absolute Gasteiger partial charge is 0.370 e. The third kappa shape index (κ3) is 3.90. The Morgan fingerprint density at radius 2 is 2.06 bits per heavy atom. The molecule has 0 saturated carbocycles. The number of benzene rings is 1. The lowest BCUT2D eigenvalue weighted by Crippen LogP contribution is -2.17. The summed E-state index contributed by atoms with van der Waals surface area (Å²) < 4.78 is 0. The Labute approximate surface area is 98.8 Å². The zero-order valence-corrected chi connectivity index (χ0v) is 9.67. The van der Waals surface area contributed by atoms with E-state index in [-0.39, 0.29) is 18.7 Å². The first-order valence-corrected chi connectivity index (χ1v) is 5.21. The fourth-order valence-corrected chi connectivity index (χ4v) is 1.35. The Morgan fingerprint density at radius 1 is 1.38 bits per heavy atom. The SMILES string of the molecule is Cc1ccc(Cl)cc1NC(=O)CCC(N)=O. The van der Waals surface area contributed by atoms with E-state index in [1.54, 1.807) is 12.1 Å². The van der Waals surface area contributed by atoms with Crippen LogP contribution in [0.4, 0.5) is 5.69 Å². The molecule has 0 aliphatic carbocycles. The van der Waals surface area contributed by atoms with Crippen LogP contribution in [0.25, 0.3) is 0 Å². The number of halogens is 1. The maximum absolute atomic E-state index is 11.4. The number of amides is 2. The molecule has 1 rings (SSSR count). The van der Waals surface area contributed by atoms with Gasteiger partial charge in [-0.2, -0.15) is 0 Å². The lowest BCUT2D eigenvalue weighted by atomic mass is 10.2. The van der Waals surface area contributed by atoms with Crippen molar-refractivity contribution in [3.05, 3.63) is 28.8 Å². The number of hydrogen-bond acceptors (Lipinski definition) is 2. The molecule has 4 nitrogen and oxygen atoms in total. The summed E-state index contributed by atoms with van der Waals surface area (Å²) in [6, 6.07) is 5.22. The lowest BCUT2D eigenvalue weighted by molar-refractivity contribution is -0.122. The lowest BCUT2D eigenvalue weighted by Gasteiger charge is -2.08. The summed E-state index contributed by atoms with van der Waals surface area (Å²) in [5, 5.41) is 3.23. The van der Waals surface area contributed by atoms with Gasteiger partial charge in [-0.05, 0) is 24.6 Å². The molecule has 0 atom stereocenters. The number of carbonyl (C=O) groups is 2. The monoisotopic (exact) mass is 240 g/mol. The van der Waals surface area contributed by atoms with Crippen LogP contribution in [0.2, 0.25) is 5.02 Å². The summed E-state index contributed by atoms with van der Waals surface area (Å²) >= 11 is 5.80. The minimum absolute atomic E-state index is 0.0471. The Kier molecular flexibility index (Phi) is 4.31. The van der Waals surface area contributed by atoms with Crippen LogP contribution in [-0.4, -0.2) is 11.8 Å². The number of carbonyl (C=O) groups excluding carboxylic acids is 2. The second-order valence-electron chi connectivity index (χ2n) is 3.47. The van der Waals surface area contributed by atoms with Crippen LogP contribution in [-0.2, 0) is 9.59 Å². The van der Waals surface area contributed by atoms with Crippen molar-refractivity contribution < 1.29 is 9.59 Å². The zero-order chi connectivity index (χ0) is 12.1. The van der Waals surface area contributed by atoms with Crippen LogP contribution in [0.3, 0.4) is 0 Å². The van der Waals surface area contributed by atoms with E-state index in [2.05, 4.69) is 5.32 Å². The van der Waals surface area contributed by atoms with E-state index >= 15 is 0 Å². The molecule has 0 unspecified atom stereocenters. The van der Waals surface area contributed by atoms with Crippen LogP contribution in [0.15, 0.2) is 18.2 Å². The molecule has 0 spiro atoms. The Balaban J connectivity index is 2.62. The van der Waals surface area contributed by atoms with Gasteiger partial charge in [-0.1, -0.05) is 17.7 Å². The molecule has 1 aromatic carbocycles. The van der Waals surface area contributed by atoms with Gasteiger partial charge in [0, 0.05) is 23.6 Å². The molecule has 0 aliphatic heterocycles. The number of nitrogens with one attached hydrogen (secondary N) is 1. The van der Waals surface area contributed by atoms with Gasteiger partial charge in [-0.25, -0.2) is 0 Å². The summed E-state index contributed by atoms with van der Waals surface area (Å²) in [6.07, 6.45) is 0.132. The van der Waals surface area contributed by atoms with E-state index < -0.39 is 5.91 Å². The van der Waals surface area contributed by atoms with Crippen molar-refractivity contribution in [1.29, 1.82) is 0 Å². The average Bonchev–Trinajstić information content (AvgIpc) is 2.20. The van der Waals surface area contributed by atoms with Crippen molar-refractivity contribution >= 4 is 29.1 Å². The number of nitrogens with two attached hydrogens (primary N) is 1. The molecule has 0 aromatic heterocycles. The van der Waals surface area contributed by atoms with Crippen molar-refractivity contribution in [2.24, 2.45) is 5.73 Å². The quantitative estimate of drug-likeness (QED) is 0.843. The van der Waals surface area contributed by atoms with Crippen molar-refractivity contribution in [3.63, 3.8) is 0 Å². The van der Waals surface area contributed by atoms with Crippen LogP contribution < -0.4 is 11.1 Å². The van der Waals surface area contributed by atoms with E-state index in [1.807, 2.05) is 13.0 Å². The van der Waals surface area contributed by atoms with Gasteiger partial charge < -0.3 is 11.1 Å². The van der Waals surface area contributed by atoms with Crippen LogP contribution in [0, 0.1) is 6.92 Å². The van der Waals surface area contributed by atoms with Gasteiger partial charge in [0.1, 0.15) is 0 Å². The van der Waals surface area contributed by atoms with Crippen molar-refractivity contribution in [2.45, 2.75) is 19.8 Å². The van der Waals surface area contributed by atoms with Gasteiger partial charge in [-0.15, -0.1) is 0 Å². The van der Waals surface area contributed by atoms with Gasteiger partial charge in [0.05, 0.1) is 0 Å². The summed E-state index contributed by atoms with van der Waals surface area (Å²) in [5.74, 6) is -0.734. The normalized spacial score (nSPS) is 9.88. The molecule has 0 heterocycles. The number of aryl methyl sites for hydroxylation is 1. The molecule has 16 heavy (non-hydrogen) atoms. The first-order chi connectivity index (χ1) is 7.49. The van der Waals surface area contributed by atoms with E-state index in [9.17, 15) is 9.59 Å². The molecule has 86 valence electrons. The maximum Gasteiger partial charge on any atom is 0.224 e. The van der Waals surface area contributed by atoms with Gasteiger partial charge >= 0.3 is 0 Å². The highest BCUT2D eigenvalue weighted by molar-refractivity contribution is 6.31. The van der Waals surface area contributed by atoms with Crippen molar-refractivity contribution in [3.8, 4) is 0 Å². The zero-order valence-electron chi connectivity index (χ0n) is 8.92. The summed E-state index contributed by atoms with van der Waals surface area (Å²) in [5.41, 5.74) is 6.52. The molecule has 5 heteroatoms. The van der Waals surface area contributed by atoms with E-state index in [0.717, 1.165) is 5.56 Å². The number of rotatable bonds is 4. The predicted octanol–water partition coefficient (Wildman–Crippen LogP) is 1.85. The highest BCUT2D eigenvalue weighted by Gasteiger charge is 2.06. The minimum atomic E-state index is -0.488. The fraction of sp³-hybridized carbons (Fsp3) is 0.273. The molecular formula is C11H13ClN2O2. The molecule has 0 bridgehead atoms. The smallest absolute Gasteiger partial charge is 0.224 e.